The number of nitrogens with one attached hydrogen (secondary N) is 3. The van der Waals surface area contributed by atoms with Crippen LogP contribution in [0.5, 0.6) is 0 Å². The predicted octanol–water partition coefficient (Wildman–Crippen LogP) is 9.69. The number of piperidine rings is 2. The maximum atomic E-state index is 14.9. The molecule has 2 saturated heterocycles. The van der Waals surface area contributed by atoms with Crippen LogP contribution in [-0.2, 0) is 52.4 Å². The fraction of sp³-hybridized carbons (Fsp3) is 0.346. The first kappa shape index (κ1) is 52.3. The van der Waals surface area contributed by atoms with Crippen LogP contribution < -0.4 is 16.0 Å². The predicted molar refractivity (Wildman–Crippen MR) is 286 cm³/mol. The largest absolute Gasteiger partial charge is 0.382 e. The van der Waals surface area contributed by atoms with Gasteiger partial charge in [-0.1, -0.05) is 37.6 Å². The lowest BCUT2D eigenvalue weighted by Crippen LogP contribution is -2.42. The number of benzene rings is 4. The third-order valence-corrected chi connectivity index (χ3v) is 20.6. The van der Waals surface area contributed by atoms with E-state index in [1.807, 2.05) is 18.2 Å². The molecule has 2 amide bonds. The molecule has 0 bridgehead atoms. The molecule has 0 saturated carbocycles. The molecule has 3 N–H and O–H groups in total. The maximum Gasteiger partial charge on any atom is 0.271 e. The highest BCUT2D eigenvalue weighted by atomic mass is 32.3. The topological polar surface area (TPSA) is 235 Å². The highest BCUT2D eigenvalue weighted by Gasteiger charge is 2.34. The van der Waals surface area contributed by atoms with E-state index < -0.39 is 47.4 Å². The Balaban J connectivity index is 0.939. The molecule has 9 rings (SSSR count). The molecule has 1 aliphatic carbocycles. The number of nitrogens with zero attached hydrogens (tertiary/aromatic N) is 5. The van der Waals surface area contributed by atoms with Gasteiger partial charge in [-0.25, -0.2) is 16.8 Å². The molecule has 2 fully saturated rings. The fourth-order valence-electron chi connectivity index (χ4n) is 9.78. The normalized spacial score (nSPS) is 15.9. The van der Waals surface area contributed by atoms with Crippen LogP contribution in [0.1, 0.15) is 92.6 Å². The second-order valence-electron chi connectivity index (χ2n) is 18.7. The lowest BCUT2D eigenvalue weighted by atomic mass is 10.0. The smallest absolute Gasteiger partial charge is 0.271 e. The number of para-hydroxylation sites is 1. The molecule has 4 heterocycles. The van der Waals surface area contributed by atoms with Crippen molar-refractivity contribution in [1.29, 1.82) is 0 Å². The molecule has 0 radical (unpaired) electrons. The summed E-state index contributed by atoms with van der Waals surface area (Å²) in [5.41, 5.74) is 4.97. The molecular formula is C52H56N8O10S4. The van der Waals surface area contributed by atoms with Crippen LogP contribution in [0.3, 0.4) is 0 Å². The summed E-state index contributed by atoms with van der Waals surface area (Å²) in [5.74, 6) is -1.51. The van der Waals surface area contributed by atoms with Gasteiger partial charge >= 0.3 is 0 Å². The molecule has 2 aromatic heterocycles. The zero-order valence-electron chi connectivity index (χ0n) is 40.6. The van der Waals surface area contributed by atoms with Gasteiger partial charge < -0.3 is 20.9 Å². The summed E-state index contributed by atoms with van der Waals surface area (Å²) in [6, 6.07) is 29.1. The minimum atomic E-state index is -3.94. The van der Waals surface area contributed by atoms with Crippen LogP contribution in [0, 0.1) is 20.2 Å². The quantitative estimate of drug-likeness (QED) is 0.0508. The fourth-order valence-corrected chi connectivity index (χ4v) is 15.8. The molecule has 0 atom stereocenters. The second kappa shape index (κ2) is 22.5. The number of hydrogen-bond donors (Lipinski definition) is 3. The molecule has 74 heavy (non-hydrogen) atoms. The number of rotatable bonds is 19. The molecule has 0 unspecified atom stereocenters. The Kier molecular flexibility index (Phi) is 15.9. The highest BCUT2D eigenvalue weighted by molar-refractivity contribution is 7.91. The van der Waals surface area contributed by atoms with Crippen LogP contribution in [0.4, 0.5) is 28.4 Å². The second-order valence-corrected chi connectivity index (χ2v) is 25.4. The number of nitro groups is 2. The van der Waals surface area contributed by atoms with Crippen molar-refractivity contribution in [2.45, 2.75) is 98.3 Å². The van der Waals surface area contributed by atoms with E-state index >= 15 is 0 Å². The summed E-state index contributed by atoms with van der Waals surface area (Å²) in [4.78, 5) is 52.7. The molecule has 0 spiro atoms. The van der Waals surface area contributed by atoms with Crippen LogP contribution in [0.2, 0.25) is 0 Å². The molecule has 6 aromatic rings. The van der Waals surface area contributed by atoms with Crippen LogP contribution in [-0.4, -0.2) is 90.3 Å². The van der Waals surface area contributed by atoms with E-state index in [-0.39, 0.29) is 56.1 Å². The van der Waals surface area contributed by atoms with Crippen molar-refractivity contribution in [2.24, 2.45) is 0 Å². The monoisotopic (exact) mass is 1080 g/mol. The van der Waals surface area contributed by atoms with E-state index in [9.17, 15) is 46.7 Å². The van der Waals surface area contributed by atoms with Gasteiger partial charge in [0.05, 0.1) is 34.2 Å². The number of fused-ring (bicyclic) bond motifs is 1. The van der Waals surface area contributed by atoms with Gasteiger partial charge in [0.2, 0.25) is 0 Å². The number of amides is 2. The minimum absolute atomic E-state index is 0.0191. The number of hydrogen-bond acceptors (Lipinski definition) is 14. The number of anilines is 3. The van der Waals surface area contributed by atoms with E-state index in [0.717, 1.165) is 90.4 Å². The average molecular weight is 1080 g/mol. The number of carbonyl (C=O) groups is 2. The molecule has 18 nitrogen and oxygen atoms in total. The van der Waals surface area contributed by atoms with Gasteiger partial charge in [0.25, 0.3) is 43.2 Å². The molecule has 22 heteroatoms. The number of sulfonamides is 2. The number of aryl methyl sites for hydroxylation is 3. The van der Waals surface area contributed by atoms with Crippen molar-refractivity contribution in [3.63, 3.8) is 0 Å². The third-order valence-electron chi connectivity index (χ3n) is 13.7. The molecule has 3 aliphatic rings. The van der Waals surface area contributed by atoms with Gasteiger partial charge in [0, 0.05) is 89.2 Å². The van der Waals surface area contributed by atoms with Crippen molar-refractivity contribution in [2.75, 3.05) is 42.1 Å². The van der Waals surface area contributed by atoms with Gasteiger partial charge in [0.1, 0.15) is 8.42 Å². The minimum Gasteiger partial charge on any atom is -0.382 e. The SMILES string of the molecule is CCCc1ccccc1NC1CCN(S(=O)(=O)c2ccc(CN(Cc3ccc(S(=O)(=O)N4CCC(Nc5ccc6c(c5)CCC6)CC4)s3)C(=O)c3ccc([N+](=O)[O-])cc3NC(=O)c3ccc([N+](=O)[O-])cc3)s2)CC1. The van der Waals surface area contributed by atoms with Gasteiger partial charge in [-0.05, 0) is 129 Å². The third kappa shape index (κ3) is 11.8. The standard InChI is InChI=1S/C52H56N8O10S4/c1-2-6-36-7-3-4-10-47(36)54-40-25-29-58(30-26-40)74(69,70)50-22-19-45(72-50)34-56(52(62)46-20-17-43(60(65)66)32-48(46)55-51(61)37-12-15-42(16-13-37)59(63)64)33-44-18-21-49(71-44)73(67,68)57-27-23-39(24-28-57)53-41-14-11-35-8-5-9-38(35)31-41/h3-4,7,10-22,31-32,39-40,53-54H,2,5-6,8-9,23-30,33-34H2,1H3,(H,55,61). The maximum absolute atomic E-state index is 14.9. The van der Waals surface area contributed by atoms with E-state index in [1.54, 1.807) is 12.1 Å². The van der Waals surface area contributed by atoms with Crippen LogP contribution in [0.25, 0.3) is 0 Å². The zero-order valence-corrected chi connectivity index (χ0v) is 43.9. The van der Waals surface area contributed by atoms with Crippen molar-refractivity contribution in [3.05, 3.63) is 167 Å². The highest BCUT2D eigenvalue weighted by Crippen LogP contribution is 2.34. The van der Waals surface area contributed by atoms with E-state index in [0.29, 0.717) is 61.6 Å². The van der Waals surface area contributed by atoms with E-state index in [2.05, 4.69) is 47.1 Å². The Morgan fingerprint density at radius 2 is 1.23 bits per heavy atom. The summed E-state index contributed by atoms with van der Waals surface area (Å²) < 4.78 is 59.7. The summed E-state index contributed by atoms with van der Waals surface area (Å²) in [7, 11) is -7.86. The van der Waals surface area contributed by atoms with Gasteiger partial charge in [0.15, 0.2) is 0 Å². The lowest BCUT2D eigenvalue weighted by molar-refractivity contribution is -0.385. The van der Waals surface area contributed by atoms with Crippen molar-refractivity contribution in [1.82, 2.24) is 13.5 Å². The first-order chi connectivity index (χ1) is 35.5. The summed E-state index contributed by atoms with van der Waals surface area (Å²) >= 11 is 2.00. The number of thiophene rings is 2. The average Bonchev–Trinajstić information content (AvgIpc) is 4.20. The first-order valence-corrected chi connectivity index (χ1v) is 29.1. The summed E-state index contributed by atoms with van der Waals surface area (Å²) in [5, 5.41) is 33.0. The summed E-state index contributed by atoms with van der Waals surface area (Å²) in [6.45, 7) is 3.04. The van der Waals surface area contributed by atoms with E-state index in [4.69, 9.17) is 0 Å². The number of nitro benzene ring substituents is 2. The number of non-ortho nitro benzene ring substituents is 2. The lowest BCUT2D eigenvalue weighted by Gasteiger charge is -2.32. The van der Waals surface area contributed by atoms with Crippen molar-refractivity contribution >= 4 is 83.0 Å². The Morgan fingerprint density at radius 1 is 0.662 bits per heavy atom. The van der Waals surface area contributed by atoms with Gasteiger partial charge in [-0.15, -0.1) is 22.7 Å². The molecule has 2 aliphatic heterocycles. The number of carbonyl (C=O) groups excluding carboxylic acids is 2. The van der Waals surface area contributed by atoms with E-state index in [1.165, 1.54) is 60.5 Å². The Hall–Kier alpha value is -6.56. The van der Waals surface area contributed by atoms with Gasteiger partial charge in [-0.3, -0.25) is 29.8 Å². The zero-order chi connectivity index (χ0) is 52.1. The Labute approximate surface area is 437 Å². The molecule has 4 aromatic carbocycles. The van der Waals surface area contributed by atoms with Crippen molar-refractivity contribution < 1.29 is 36.3 Å². The van der Waals surface area contributed by atoms with Crippen LogP contribution in [0.15, 0.2) is 118 Å². The van der Waals surface area contributed by atoms with Gasteiger partial charge in [-0.2, -0.15) is 8.61 Å². The Bertz CT molecular complexity index is 3290. The van der Waals surface area contributed by atoms with Crippen molar-refractivity contribution in [3.8, 4) is 0 Å². The first-order valence-electron chi connectivity index (χ1n) is 24.6. The molecular weight excluding hydrogens is 1020 g/mol. The summed E-state index contributed by atoms with van der Waals surface area (Å²) in [6.07, 6.45) is 7.65. The molecule has 388 valence electrons. The van der Waals surface area contributed by atoms with Crippen LogP contribution >= 0.6 is 22.7 Å². The Morgan fingerprint density at radius 3 is 1.82 bits per heavy atom.